The van der Waals surface area contributed by atoms with Crippen LogP contribution in [0.15, 0.2) is 36.7 Å². The number of piperidine rings is 1. The highest BCUT2D eigenvalue weighted by atomic mass is 16.2. The zero-order valence-corrected chi connectivity index (χ0v) is 13.8. The second-order valence-corrected chi connectivity index (χ2v) is 6.53. The Labute approximate surface area is 137 Å². The van der Waals surface area contributed by atoms with Gasteiger partial charge in [0, 0.05) is 30.9 Å². The summed E-state index contributed by atoms with van der Waals surface area (Å²) in [6.07, 6.45) is 5.83. The van der Waals surface area contributed by atoms with Gasteiger partial charge in [0.05, 0.1) is 11.9 Å². The van der Waals surface area contributed by atoms with Crippen molar-refractivity contribution in [2.24, 2.45) is 11.7 Å². The third kappa shape index (κ3) is 3.29. The Morgan fingerprint density at radius 2 is 2.09 bits per heavy atom. The molecule has 3 rings (SSSR count). The highest BCUT2D eigenvalue weighted by molar-refractivity contribution is 5.94. The van der Waals surface area contributed by atoms with E-state index in [1.54, 1.807) is 0 Å². The molecule has 0 saturated carbocycles. The summed E-state index contributed by atoms with van der Waals surface area (Å²) in [5.74, 6) is 0.716. The highest BCUT2D eigenvalue weighted by Gasteiger charge is 2.29. The van der Waals surface area contributed by atoms with Gasteiger partial charge in [-0.15, -0.1) is 0 Å². The van der Waals surface area contributed by atoms with Crippen LogP contribution in [-0.4, -0.2) is 39.7 Å². The number of nitrogens with zero attached hydrogens (tertiary/aromatic N) is 3. The average molecular weight is 312 g/mol. The first-order chi connectivity index (χ1) is 11.1. The van der Waals surface area contributed by atoms with Gasteiger partial charge in [0.1, 0.15) is 0 Å². The largest absolute Gasteiger partial charge is 0.334 e. The Balaban J connectivity index is 1.77. The molecular formula is C18H24N4O. The van der Waals surface area contributed by atoms with Crippen molar-refractivity contribution in [3.8, 4) is 5.69 Å². The molecule has 1 amide bonds. The molecule has 0 radical (unpaired) electrons. The Hall–Kier alpha value is -2.14. The first-order valence-corrected chi connectivity index (χ1v) is 8.21. The molecule has 5 heteroatoms. The van der Waals surface area contributed by atoms with Gasteiger partial charge in [-0.1, -0.05) is 6.92 Å². The SMILES string of the molecule is Cc1cnn(-c2ccc(C(=O)N3CCC(C)CC3CN)cc2)c1. The summed E-state index contributed by atoms with van der Waals surface area (Å²) in [6, 6.07) is 7.77. The molecule has 1 aliphatic rings. The Bertz CT molecular complexity index is 677. The molecule has 23 heavy (non-hydrogen) atoms. The zero-order chi connectivity index (χ0) is 16.4. The van der Waals surface area contributed by atoms with E-state index in [0.717, 1.165) is 30.6 Å². The van der Waals surface area contributed by atoms with Gasteiger partial charge < -0.3 is 10.6 Å². The summed E-state index contributed by atoms with van der Waals surface area (Å²) in [5.41, 5.74) is 8.65. The highest BCUT2D eigenvalue weighted by Crippen LogP contribution is 2.24. The molecule has 2 aromatic rings. The van der Waals surface area contributed by atoms with Crippen molar-refractivity contribution in [3.05, 3.63) is 47.8 Å². The number of rotatable bonds is 3. The van der Waals surface area contributed by atoms with Crippen molar-refractivity contribution >= 4 is 5.91 Å². The summed E-state index contributed by atoms with van der Waals surface area (Å²) < 4.78 is 1.81. The van der Waals surface area contributed by atoms with E-state index in [9.17, 15) is 4.79 Å². The molecule has 122 valence electrons. The van der Waals surface area contributed by atoms with Crippen LogP contribution in [0, 0.1) is 12.8 Å². The van der Waals surface area contributed by atoms with Crippen LogP contribution in [0.3, 0.4) is 0 Å². The number of aromatic nitrogens is 2. The molecule has 5 nitrogen and oxygen atoms in total. The number of hydrogen-bond acceptors (Lipinski definition) is 3. The topological polar surface area (TPSA) is 64.2 Å². The van der Waals surface area contributed by atoms with E-state index in [1.807, 2.05) is 53.2 Å². The first-order valence-electron chi connectivity index (χ1n) is 8.21. The summed E-state index contributed by atoms with van der Waals surface area (Å²) in [4.78, 5) is 14.7. The Morgan fingerprint density at radius 3 is 2.70 bits per heavy atom. The van der Waals surface area contributed by atoms with Gasteiger partial charge >= 0.3 is 0 Å². The second-order valence-electron chi connectivity index (χ2n) is 6.53. The minimum atomic E-state index is 0.0792. The number of carbonyl (C=O) groups excluding carboxylic acids is 1. The van der Waals surface area contributed by atoms with Gasteiger partial charge in [0.25, 0.3) is 5.91 Å². The van der Waals surface area contributed by atoms with E-state index in [-0.39, 0.29) is 11.9 Å². The lowest BCUT2D eigenvalue weighted by atomic mass is 9.92. The van der Waals surface area contributed by atoms with Crippen LogP contribution in [0.2, 0.25) is 0 Å². The lowest BCUT2D eigenvalue weighted by molar-refractivity contribution is 0.0573. The molecule has 2 N–H and O–H groups in total. The van der Waals surface area contributed by atoms with Crippen LogP contribution in [0.1, 0.15) is 35.7 Å². The summed E-state index contributed by atoms with van der Waals surface area (Å²) in [7, 11) is 0. The van der Waals surface area contributed by atoms with Crippen molar-refractivity contribution in [2.75, 3.05) is 13.1 Å². The van der Waals surface area contributed by atoms with E-state index in [0.29, 0.717) is 18.0 Å². The molecule has 1 aromatic carbocycles. The van der Waals surface area contributed by atoms with Gasteiger partial charge in [0.15, 0.2) is 0 Å². The third-order valence-electron chi connectivity index (χ3n) is 4.60. The smallest absolute Gasteiger partial charge is 0.254 e. The van der Waals surface area contributed by atoms with Crippen LogP contribution in [-0.2, 0) is 0 Å². The molecule has 1 fully saturated rings. The van der Waals surface area contributed by atoms with Gasteiger partial charge in [-0.2, -0.15) is 5.10 Å². The molecule has 0 spiro atoms. The normalized spacial score (nSPS) is 21.4. The molecule has 1 aromatic heterocycles. The monoisotopic (exact) mass is 312 g/mol. The molecule has 2 atom stereocenters. The quantitative estimate of drug-likeness (QED) is 0.946. The number of nitrogens with two attached hydrogens (primary N) is 1. The molecule has 2 unspecified atom stereocenters. The fourth-order valence-corrected chi connectivity index (χ4v) is 3.22. The maximum atomic E-state index is 12.8. The first kappa shape index (κ1) is 15.7. The summed E-state index contributed by atoms with van der Waals surface area (Å²) in [5, 5.41) is 4.29. The average Bonchev–Trinajstić information content (AvgIpc) is 3.00. The van der Waals surface area contributed by atoms with E-state index in [1.165, 1.54) is 0 Å². The molecule has 0 bridgehead atoms. The van der Waals surface area contributed by atoms with Crippen LogP contribution in [0.25, 0.3) is 5.69 Å². The zero-order valence-electron chi connectivity index (χ0n) is 13.8. The fraction of sp³-hybridized carbons (Fsp3) is 0.444. The molecule has 0 aliphatic carbocycles. The maximum absolute atomic E-state index is 12.8. The maximum Gasteiger partial charge on any atom is 0.254 e. The standard InChI is InChI=1S/C18H24N4O/c1-13-7-8-21(17(9-13)10-19)18(23)15-3-5-16(6-4-15)22-12-14(2)11-20-22/h3-6,11-13,17H,7-10,19H2,1-2H3. The van der Waals surface area contributed by atoms with Gasteiger partial charge in [0.2, 0.25) is 0 Å². The lowest BCUT2D eigenvalue weighted by Crippen LogP contribution is -2.49. The van der Waals surface area contributed by atoms with Crippen molar-refractivity contribution in [3.63, 3.8) is 0 Å². The number of benzene rings is 1. The lowest BCUT2D eigenvalue weighted by Gasteiger charge is -2.38. The van der Waals surface area contributed by atoms with Crippen LogP contribution < -0.4 is 5.73 Å². The Kier molecular flexibility index (Phi) is 4.48. The van der Waals surface area contributed by atoms with Crippen LogP contribution in [0.4, 0.5) is 0 Å². The number of amides is 1. The Morgan fingerprint density at radius 1 is 1.35 bits per heavy atom. The minimum Gasteiger partial charge on any atom is -0.334 e. The van der Waals surface area contributed by atoms with Crippen LogP contribution in [0.5, 0.6) is 0 Å². The summed E-state index contributed by atoms with van der Waals surface area (Å²) >= 11 is 0. The van der Waals surface area contributed by atoms with Crippen molar-refractivity contribution in [1.29, 1.82) is 0 Å². The molecule has 2 heterocycles. The van der Waals surface area contributed by atoms with Crippen molar-refractivity contribution in [1.82, 2.24) is 14.7 Å². The summed E-state index contributed by atoms with van der Waals surface area (Å²) in [6.45, 7) is 5.56. The number of likely N-dealkylation sites (tertiary alicyclic amines) is 1. The van der Waals surface area contributed by atoms with E-state index in [2.05, 4.69) is 12.0 Å². The van der Waals surface area contributed by atoms with Gasteiger partial charge in [-0.25, -0.2) is 4.68 Å². The van der Waals surface area contributed by atoms with E-state index < -0.39 is 0 Å². The third-order valence-corrected chi connectivity index (χ3v) is 4.60. The number of aryl methyl sites for hydroxylation is 1. The number of hydrogen-bond donors (Lipinski definition) is 1. The molecular weight excluding hydrogens is 288 g/mol. The van der Waals surface area contributed by atoms with E-state index >= 15 is 0 Å². The van der Waals surface area contributed by atoms with Crippen LogP contribution >= 0.6 is 0 Å². The number of carbonyl (C=O) groups is 1. The molecule has 1 saturated heterocycles. The van der Waals surface area contributed by atoms with Crippen molar-refractivity contribution < 1.29 is 4.79 Å². The van der Waals surface area contributed by atoms with Crippen molar-refractivity contribution in [2.45, 2.75) is 32.7 Å². The predicted octanol–water partition coefficient (Wildman–Crippen LogP) is 2.38. The molecule has 1 aliphatic heterocycles. The second kappa shape index (κ2) is 6.54. The van der Waals surface area contributed by atoms with E-state index in [4.69, 9.17) is 5.73 Å². The minimum absolute atomic E-state index is 0.0792. The van der Waals surface area contributed by atoms with Gasteiger partial charge in [-0.3, -0.25) is 4.79 Å². The predicted molar refractivity (Wildman–Crippen MR) is 90.6 cm³/mol. The van der Waals surface area contributed by atoms with Gasteiger partial charge in [-0.05, 0) is 55.5 Å². The fourth-order valence-electron chi connectivity index (χ4n) is 3.22.